The topological polar surface area (TPSA) is 3.24 Å². The second-order valence-corrected chi connectivity index (χ2v) is 15.6. The van der Waals surface area contributed by atoms with Gasteiger partial charge in [0.05, 0.1) is 5.69 Å². The highest BCUT2D eigenvalue weighted by molar-refractivity contribution is 7.25. The molecule has 11 aromatic rings. The van der Waals surface area contributed by atoms with Crippen molar-refractivity contribution < 1.29 is 0 Å². The summed E-state index contributed by atoms with van der Waals surface area (Å²) in [6, 6.07) is 77.9. The van der Waals surface area contributed by atoms with Crippen LogP contribution in [0.2, 0.25) is 0 Å². The molecule has 56 heavy (non-hydrogen) atoms. The van der Waals surface area contributed by atoms with Crippen LogP contribution < -0.4 is 4.90 Å². The van der Waals surface area contributed by atoms with Gasteiger partial charge in [-0.05, 0) is 109 Å². The van der Waals surface area contributed by atoms with Crippen molar-refractivity contribution in [3.8, 4) is 33.4 Å². The minimum Gasteiger partial charge on any atom is -0.310 e. The molecule has 1 aromatic heterocycles. The monoisotopic (exact) mass is 729 g/mol. The zero-order chi connectivity index (χ0) is 37.0. The predicted molar refractivity (Wildman–Crippen MR) is 243 cm³/mol. The average Bonchev–Trinajstić information content (AvgIpc) is 3.64. The maximum atomic E-state index is 2.45. The molecule has 0 aliphatic rings. The molecule has 0 saturated heterocycles. The second-order valence-electron chi connectivity index (χ2n) is 14.5. The maximum absolute atomic E-state index is 2.45. The Morgan fingerprint density at radius 1 is 0.286 bits per heavy atom. The number of benzene rings is 10. The fourth-order valence-corrected chi connectivity index (χ4v) is 9.54. The molecule has 0 fully saturated rings. The fourth-order valence-electron chi connectivity index (χ4n) is 8.40. The third kappa shape index (κ3) is 5.62. The highest BCUT2D eigenvalue weighted by atomic mass is 32.1. The van der Waals surface area contributed by atoms with Gasteiger partial charge in [0, 0.05) is 37.1 Å². The summed E-state index contributed by atoms with van der Waals surface area (Å²) in [5.74, 6) is 0. The summed E-state index contributed by atoms with van der Waals surface area (Å²) in [6.07, 6.45) is 0. The molecule has 0 spiro atoms. The van der Waals surface area contributed by atoms with E-state index in [1.54, 1.807) is 0 Å². The van der Waals surface area contributed by atoms with Crippen LogP contribution in [0.15, 0.2) is 212 Å². The van der Waals surface area contributed by atoms with E-state index in [1.165, 1.54) is 85.9 Å². The van der Waals surface area contributed by atoms with Crippen LogP contribution in [-0.2, 0) is 0 Å². The van der Waals surface area contributed by atoms with Crippen molar-refractivity contribution in [2.75, 3.05) is 4.90 Å². The van der Waals surface area contributed by atoms with Gasteiger partial charge in [-0.15, -0.1) is 11.3 Å². The van der Waals surface area contributed by atoms with Crippen molar-refractivity contribution in [1.29, 1.82) is 0 Å². The Kier molecular flexibility index (Phi) is 7.75. The molecule has 0 aliphatic carbocycles. The molecule has 10 aromatic carbocycles. The fraction of sp³-hybridized carbons (Fsp3) is 0. The number of fused-ring (bicyclic) bond motifs is 7. The number of thiophene rings is 1. The van der Waals surface area contributed by atoms with E-state index in [9.17, 15) is 0 Å². The standard InChI is InChI=1S/C54H35NS/c1-2-11-38(12-3-1)49-30-25-43(42-20-18-36-10-4-5-14-40(36)32-42)34-52(49)55(46-28-31-51-50-16-8-9-17-53(50)56-54(51)35-46)45-26-22-37(23-27-45)41-24-29-48-44(33-41)21-19-39-13-6-7-15-47(39)48/h1-35H. The highest BCUT2D eigenvalue weighted by Gasteiger charge is 2.20. The molecule has 0 N–H and O–H groups in total. The van der Waals surface area contributed by atoms with E-state index in [1.807, 2.05) is 11.3 Å². The van der Waals surface area contributed by atoms with Crippen LogP contribution in [-0.4, -0.2) is 0 Å². The van der Waals surface area contributed by atoms with Crippen LogP contribution >= 0.6 is 11.3 Å². The Labute approximate surface area is 330 Å². The van der Waals surface area contributed by atoms with E-state index >= 15 is 0 Å². The first-order chi connectivity index (χ1) is 27.7. The number of hydrogen-bond donors (Lipinski definition) is 0. The lowest BCUT2D eigenvalue weighted by atomic mass is 9.95. The summed E-state index contributed by atoms with van der Waals surface area (Å²) in [6.45, 7) is 0. The summed E-state index contributed by atoms with van der Waals surface area (Å²) >= 11 is 1.86. The predicted octanol–water partition coefficient (Wildman–Crippen LogP) is 16.0. The Balaban J connectivity index is 1.09. The average molecular weight is 730 g/mol. The summed E-state index contributed by atoms with van der Waals surface area (Å²) in [5, 5.41) is 10.2. The molecule has 0 aliphatic heterocycles. The molecule has 2 heteroatoms. The molecule has 11 rings (SSSR count). The molecule has 0 unspecified atom stereocenters. The van der Waals surface area contributed by atoms with Gasteiger partial charge in [0.25, 0.3) is 0 Å². The Bertz CT molecular complexity index is 3250. The van der Waals surface area contributed by atoms with Crippen LogP contribution in [0.4, 0.5) is 17.1 Å². The third-order valence-electron chi connectivity index (χ3n) is 11.2. The van der Waals surface area contributed by atoms with Gasteiger partial charge in [0.15, 0.2) is 0 Å². The van der Waals surface area contributed by atoms with Gasteiger partial charge in [-0.3, -0.25) is 0 Å². The first kappa shape index (κ1) is 32.4. The lowest BCUT2D eigenvalue weighted by molar-refractivity contribution is 1.29. The smallest absolute Gasteiger partial charge is 0.0546 e. The van der Waals surface area contributed by atoms with E-state index in [2.05, 4.69) is 217 Å². The van der Waals surface area contributed by atoms with Crippen LogP contribution in [0, 0.1) is 0 Å². The van der Waals surface area contributed by atoms with E-state index < -0.39 is 0 Å². The Hall–Kier alpha value is -7.00. The first-order valence-corrected chi connectivity index (χ1v) is 20.0. The molecule has 1 nitrogen and oxygen atoms in total. The van der Waals surface area contributed by atoms with Gasteiger partial charge in [-0.25, -0.2) is 0 Å². The first-order valence-electron chi connectivity index (χ1n) is 19.2. The lowest BCUT2D eigenvalue weighted by Gasteiger charge is -2.29. The zero-order valence-corrected chi connectivity index (χ0v) is 31.4. The Morgan fingerprint density at radius 2 is 0.839 bits per heavy atom. The SMILES string of the molecule is c1ccc(-c2ccc(-c3ccc4ccccc4c3)cc2N(c2ccc(-c3ccc4c(ccc5ccccc54)c3)cc2)c2ccc3c(c2)sc2ccccc23)cc1. The minimum absolute atomic E-state index is 1.11. The van der Waals surface area contributed by atoms with Crippen molar-refractivity contribution in [3.05, 3.63) is 212 Å². The van der Waals surface area contributed by atoms with E-state index in [-0.39, 0.29) is 0 Å². The normalized spacial score (nSPS) is 11.6. The summed E-state index contributed by atoms with van der Waals surface area (Å²) < 4.78 is 2.59. The molecule has 0 bridgehead atoms. The molecular formula is C54H35NS. The van der Waals surface area contributed by atoms with Crippen LogP contribution in [0.5, 0.6) is 0 Å². The highest BCUT2D eigenvalue weighted by Crippen LogP contribution is 2.46. The molecule has 0 atom stereocenters. The molecule has 0 amide bonds. The molecular weight excluding hydrogens is 695 g/mol. The van der Waals surface area contributed by atoms with Crippen molar-refractivity contribution in [2.45, 2.75) is 0 Å². The number of rotatable bonds is 6. The van der Waals surface area contributed by atoms with Gasteiger partial charge in [-0.2, -0.15) is 0 Å². The van der Waals surface area contributed by atoms with Crippen LogP contribution in [0.25, 0.3) is 85.9 Å². The van der Waals surface area contributed by atoms with Crippen LogP contribution in [0.3, 0.4) is 0 Å². The van der Waals surface area contributed by atoms with Crippen molar-refractivity contribution in [1.82, 2.24) is 0 Å². The van der Waals surface area contributed by atoms with Crippen molar-refractivity contribution >= 4 is 80.9 Å². The largest absolute Gasteiger partial charge is 0.310 e. The summed E-state index contributed by atoms with van der Waals surface area (Å²) in [5.41, 5.74) is 10.5. The van der Waals surface area contributed by atoms with Gasteiger partial charge in [0.2, 0.25) is 0 Å². The Morgan fingerprint density at radius 3 is 1.71 bits per heavy atom. The zero-order valence-electron chi connectivity index (χ0n) is 30.6. The number of nitrogens with zero attached hydrogens (tertiary/aromatic N) is 1. The van der Waals surface area contributed by atoms with Gasteiger partial charge < -0.3 is 4.90 Å². The van der Waals surface area contributed by atoms with Crippen molar-refractivity contribution in [3.63, 3.8) is 0 Å². The summed E-state index contributed by atoms with van der Waals surface area (Å²) in [7, 11) is 0. The third-order valence-corrected chi connectivity index (χ3v) is 12.4. The van der Waals surface area contributed by atoms with Gasteiger partial charge in [-0.1, -0.05) is 164 Å². The number of anilines is 3. The minimum atomic E-state index is 1.11. The molecule has 1 heterocycles. The quantitative estimate of drug-likeness (QED) is 0.154. The van der Waals surface area contributed by atoms with Gasteiger partial charge in [0.1, 0.15) is 0 Å². The second kappa shape index (κ2) is 13.4. The van der Waals surface area contributed by atoms with Crippen molar-refractivity contribution in [2.24, 2.45) is 0 Å². The van der Waals surface area contributed by atoms with E-state index in [0.29, 0.717) is 0 Å². The summed E-state index contributed by atoms with van der Waals surface area (Å²) in [4.78, 5) is 2.45. The molecule has 0 radical (unpaired) electrons. The van der Waals surface area contributed by atoms with Gasteiger partial charge >= 0.3 is 0 Å². The van der Waals surface area contributed by atoms with E-state index in [0.717, 1.165) is 17.1 Å². The lowest BCUT2D eigenvalue weighted by Crippen LogP contribution is -2.11. The maximum Gasteiger partial charge on any atom is 0.0546 e. The van der Waals surface area contributed by atoms with Crippen LogP contribution in [0.1, 0.15) is 0 Å². The van der Waals surface area contributed by atoms with E-state index in [4.69, 9.17) is 0 Å². The number of hydrogen-bond acceptors (Lipinski definition) is 2. The molecule has 0 saturated carbocycles. The molecule has 262 valence electrons.